The van der Waals surface area contributed by atoms with Gasteiger partial charge in [0, 0.05) is 5.02 Å². The van der Waals surface area contributed by atoms with Crippen LogP contribution in [-0.4, -0.2) is 12.2 Å². The topological polar surface area (TPSA) is 54.2 Å². The van der Waals surface area contributed by atoms with Crippen LogP contribution in [0.5, 0.6) is 11.5 Å². The van der Waals surface area contributed by atoms with Crippen LogP contribution >= 0.6 is 23.2 Å². The van der Waals surface area contributed by atoms with E-state index in [1.165, 1.54) is 12.1 Å². The lowest BCUT2D eigenvalue weighted by Crippen LogP contribution is -1.79. The Hall–Kier alpha value is -1.78. The number of azo groups is 1. The number of phenolic OH excluding ortho intramolecular Hbond substituents is 1. The van der Waals surface area contributed by atoms with Crippen molar-refractivity contribution in [2.24, 2.45) is 10.2 Å². The molecule has 4 nitrogen and oxygen atoms in total. The van der Waals surface area contributed by atoms with E-state index in [-0.39, 0.29) is 16.5 Å². The van der Waals surface area contributed by atoms with Gasteiger partial charge in [0.2, 0.25) is 0 Å². The summed E-state index contributed by atoms with van der Waals surface area (Å²) < 4.78 is 5.04. The fourth-order valence-electron chi connectivity index (χ4n) is 1.39. The number of aromatic hydroxyl groups is 1. The molecule has 19 heavy (non-hydrogen) atoms. The van der Waals surface area contributed by atoms with E-state index in [1.54, 1.807) is 31.4 Å². The number of ether oxygens (including phenoxy) is 1. The maximum absolute atomic E-state index is 9.72. The van der Waals surface area contributed by atoms with Crippen molar-refractivity contribution in [1.29, 1.82) is 0 Å². The molecule has 0 bridgehead atoms. The van der Waals surface area contributed by atoms with Crippen LogP contribution in [-0.2, 0) is 0 Å². The van der Waals surface area contributed by atoms with Crippen LogP contribution in [0, 0.1) is 0 Å². The van der Waals surface area contributed by atoms with Crippen LogP contribution in [0.4, 0.5) is 11.4 Å². The normalized spacial score (nSPS) is 10.9. The highest BCUT2D eigenvalue weighted by molar-refractivity contribution is 6.36. The van der Waals surface area contributed by atoms with Crippen molar-refractivity contribution in [2.45, 2.75) is 0 Å². The lowest BCUT2D eigenvalue weighted by molar-refractivity contribution is 0.415. The van der Waals surface area contributed by atoms with Gasteiger partial charge in [-0.3, -0.25) is 0 Å². The minimum atomic E-state index is -0.150. The summed E-state index contributed by atoms with van der Waals surface area (Å²) >= 11 is 11.6. The van der Waals surface area contributed by atoms with Gasteiger partial charge in [-0.15, -0.1) is 5.11 Å². The Kier molecular flexibility index (Phi) is 4.24. The molecule has 2 aromatic carbocycles. The Morgan fingerprint density at radius 3 is 2.37 bits per heavy atom. The second-order valence-corrected chi connectivity index (χ2v) is 4.50. The molecule has 2 aromatic rings. The molecule has 0 spiro atoms. The summed E-state index contributed by atoms with van der Waals surface area (Å²) in [7, 11) is 1.59. The third-order valence-corrected chi connectivity index (χ3v) is 2.86. The first-order chi connectivity index (χ1) is 9.10. The number of rotatable bonds is 3. The molecule has 0 amide bonds. The van der Waals surface area contributed by atoms with Gasteiger partial charge in [0.05, 0.1) is 17.8 Å². The Balaban J connectivity index is 2.27. The number of hydrogen-bond donors (Lipinski definition) is 1. The van der Waals surface area contributed by atoms with Crippen LogP contribution in [0.15, 0.2) is 46.6 Å². The maximum Gasteiger partial charge on any atom is 0.161 e. The molecule has 0 atom stereocenters. The summed E-state index contributed by atoms with van der Waals surface area (Å²) in [6.07, 6.45) is 0. The molecular formula is C13H10Cl2N2O2. The fourth-order valence-corrected chi connectivity index (χ4v) is 1.87. The number of halogens is 2. The average Bonchev–Trinajstić information content (AvgIpc) is 2.41. The average molecular weight is 297 g/mol. The molecule has 98 valence electrons. The minimum Gasteiger partial charge on any atom is -0.504 e. The van der Waals surface area contributed by atoms with Crippen molar-refractivity contribution in [2.75, 3.05) is 7.11 Å². The molecule has 0 aliphatic heterocycles. The van der Waals surface area contributed by atoms with Gasteiger partial charge in [0.15, 0.2) is 5.75 Å². The van der Waals surface area contributed by atoms with E-state index in [1.807, 2.05) is 0 Å². The first kappa shape index (κ1) is 13.6. The molecule has 0 saturated carbocycles. The second-order valence-electron chi connectivity index (χ2n) is 3.65. The van der Waals surface area contributed by atoms with Gasteiger partial charge < -0.3 is 9.84 Å². The number of hydrogen-bond acceptors (Lipinski definition) is 4. The molecule has 0 aliphatic rings. The number of benzene rings is 2. The van der Waals surface area contributed by atoms with Gasteiger partial charge in [-0.25, -0.2) is 0 Å². The lowest BCUT2D eigenvalue weighted by atomic mass is 10.3. The van der Waals surface area contributed by atoms with E-state index in [2.05, 4.69) is 10.2 Å². The Labute approximate surface area is 120 Å². The van der Waals surface area contributed by atoms with Gasteiger partial charge in [-0.1, -0.05) is 23.2 Å². The van der Waals surface area contributed by atoms with Crippen molar-refractivity contribution in [3.63, 3.8) is 0 Å². The summed E-state index contributed by atoms with van der Waals surface area (Å²) in [5, 5.41) is 18.1. The summed E-state index contributed by atoms with van der Waals surface area (Å²) in [4.78, 5) is 0. The van der Waals surface area contributed by atoms with E-state index in [0.717, 1.165) is 5.75 Å². The zero-order valence-corrected chi connectivity index (χ0v) is 11.5. The number of nitrogens with zero attached hydrogens (tertiary/aromatic N) is 2. The first-order valence-electron chi connectivity index (χ1n) is 5.34. The minimum absolute atomic E-state index is 0.135. The highest BCUT2D eigenvalue weighted by Crippen LogP contribution is 2.37. The zero-order valence-electron chi connectivity index (χ0n) is 9.97. The Bertz CT molecular complexity index is 613. The van der Waals surface area contributed by atoms with Crippen molar-refractivity contribution >= 4 is 34.6 Å². The standard InChI is InChI=1S/C13H10Cl2N2O2/c1-19-10-4-2-9(3-5-10)16-17-12-7-8(14)6-11(15)13(12)18/h2-7,18H,1H3. The van der Waals surface area contributed by atoms with Crippen LogP contribution in [0.3, 0.4) is 0 Å². The molecule has 0 unspecified atom stereocenters. The molecule has 1 N–H and O–H groups in total. The van der Waals surface area contributed by atoms with E-state index in [4.69, 9.17) is 27.9 Å². The largest absolute Gasteiger partial charge is 0.504 e. The van der Waals surface area contributed by atoms with Gasteiger partial charge in [-0.05, 0) is 36.4 Å². The third-order valence-electron chi connectivity index (χ3n) is 2.35. The van der Waals surface area contributed by atoms with E-state index in [9.17, 15) is 5.11 Å². The van der Waals surface area contributed by atoms with Crippen LogP contribution in [0.1, 0.15) is 0 Å². The van der Waals surface area contributed by atoms with E-state index < -0.39 is 0 Å². The van der Waals surface area contributed by atoms with Gasteiger partial charge in [0.1, 0.15) is 11.4 Å². The Morgan fingerprint density at radius 2 is 1.74 bits per heavy atom. The third kappa shape index (κ3) is 3.36. The van der Waals surface area contributed by atoms with Crippen molar-refractivity contribution < 1.29 is 9.84 Å². The quantitative estimate of drug-likeness (QED) is 0.799. The molecule has 0 aliphatic carbocycles. The summed E-state index contributed by atoms with van der Waals surface area (Å²) in [5.74, 6) is 0.580. The fraction of sp³-hybridized carbons (Fsp3) is 0.0769. The van der Waals surface area contributed by atoms with E-state index >= 15 is 0 Å². The lowest BCUT2D eigenvalue weighted by Gasteiger charge is -2.01. The predicted molar refractivity (Wildman–Crippen MR) is 75.3 cm³/mol. The Morgan fingerprint density at radius 1 is 1.05 bits per heavy atom. The molecule has 0 saturated heterocycles. The molecule has 0 heterocycles. The van der Waals surface area contributed by atoms with Crippen molar-refractivity contribution in [1.82, 2.24) is 0 Å². The van der Waals surface area contributed by atoms with Crippen LogP contribution in [0.2, 0.25) is 10.0 Å². The summed E-state index contributed by atoms with van der Waals surface area (Å²) in [5.41, 5.74) is 0.838. The monoisotopic (exact) mass is 296 g/mol. The van der Waals surface area contributed by atoms with Crippen LogP contribution in [0.25, 0.3) is 0 Å². The summed E-state index contributed by atoms with van der Waals surface area (Å²) in [6.45, 7) is 0. The van der Waals surface area contributed by atoms with Gasteiger partial charge >= 0.3 is 0 Å². The van der Waals surface area contributed by atoms with E-state index in [0.29, 0.717) is 10.7 Å². The molecule has 0 aromatic heterocycles. The molecule has 2 rings (SSSR count). The van der Waals surface area contributed by atoms with Gasteiger partial charge in [-0.2, -0.15) is 5.11 Å². The van der Waals surface area contributed by atoms with Crippen molar-refractivity contribution in [3.8, 4) is 11.5 Å². The molecule has 0 radical (unpaired) electrons. The number of phenols is 1. The summed E-state index contributed by atoms with van der Waals surface area (Å²) in [6, 6.07) is 9.93. The first-order valence-corrected chi connectivity index (χ1v) is 6.09. The maximum atomic E-state index is 9.72. The number of methoxy groups -OCH3 is 1. The highest BCUT2D eigenvalue weighted by Gasteiger charge is 2.07. The SMILES string of the molecule is COc1ccc(N=Nc2cc(Cl)cc(Cl)c2O)cc1. The molecule has 6 heteroatoms. The zero-order chi connectivity index (χ0) is 13.8. The smallest absolute Gasteiger partial charge is 0.161 e. The molecular weight excluding hydrogens is 287 g/mol. The second kappa shape index (κ2) is 5.91. The van der Waals surface area contributed by atoms with Crippen molar-refractivity contribution in [3.05, 3.63) is 46.4 Å². The highest BCUT2D eigenvalue weighted by atomic mass is 35.5. The molecule has 0 fully saturated rings. The van der Waals surface area contributed by atoms with Crippen LogP contribution < -0.4 is 4.74 Å². The van der Waals surface area contributed by atoms with Gasteiger partial charge in [0.25, 0.3) is 0 Å². The predicted octanol–water partition coefficient (Wildman–Crippen LogP) is 5.12.